The van der Waals surface area contributed by atoms with Gasteiger partial charge in [-0.1, -0.05) is 11.8 Å². The number of aliphatic imine (C=N–C) groups is 1. The van der Waals surface area contributed by atoms with Gasteiger partial charge < -0.3 is 10.5 Å². The van der Waals surface area contributed by atoms with E-state index in [4.69, 9.17) is 15.5 Å². The molecule has 25 heavy (non-hydrogen) atoms. The summed E-state index contributed by atoms with van der Waals surface area (Å²) >= 11 is 3.47. The summed E-state index contributed by atoms with van der Waals surface area (Å²) in [7, 11) is 1.63. The third-order valence-corrected chi connectivity index (χ3v) is 6.99. The lowest BCUT2D eigenvalue weighted by molar-refractivity contribution is 0.368. The third kappa shape index (κ3) is 2.92. The van der Waals surface area contributed by atoms with Crippen LogP contribution in [0.25, 0.3) is 10.4 Å². The Balaban J connectivity index is 1.82. The number of ether oxygens (including phenoxy) is 1. The van der Waals surface area contributed by atoms with E-state index in [1.54, 1.807) is 24.9 Å². The van der Waals surface area contributed by atoms with Crippen LogP contribution in [0.15, 0.2) is 29.3 Å². The predicted octanol–water partition coefficient (Wildman–Crippen LogP) is 4.28. The highest BCUT2D eigenvalue weighted by atomic mass is 32.2. The summed E-state index contributed by atoms with van der Waals surface area (Å²) in [4.78, 5) is 7.46. The molecule has 1 atom stereocenters. The average molecular weight is 370 g/mol. The number of methoxy groups -OCH3 is 1. The number of thiophene rings is 1. The van der Waals surface area contributed by atoms with Crippen LogP contribution in [0.5, 0.6) is 5.75 Å². The Bertz CT molecular complexity index is 897. The van der Waals surface area contributed by atoms with Crippen molar-refractivity contribution in [1.29, 1.82) is 5.26 Å². The molecule has 1 aromatic carbocycles. The first-order chi connectivity index (χ1) is 12.1. The topological polar surface area (TPSA) is 71.4 Å². The Hall–Kier alpha value is -1.97. The zero-order valence-corrected chi connectivity index (χ0v) is 15.7. The molecule has 2 aromatic rings. The summed E-state index contributed by atoms with van der Waals surface area (Å²) in [5.74, 6) is 1.74. The van der Waals surface area contributed by atoms with Crippen LogP contribution in [0.2, 0.25) is 0 Å². The Morgan fingerprint density at radius 3 is 2.92 bits per heavy atom. The maximum absolute atomic E-state index is 9.28. The number of aryl methyl sites for hydroxylation is 1. The normalized spacial score (nSPS) is 22.2. The van der Waals surface area contributed by atoms with Gasteiger partial charge in [0.25, 0.3) is 0 Å². The fourth-order valence-corrected chi connectivity index (χ4v) is 5.92. The second-order valence-electron chi connectivity index (χ2n) is 6.44. The molecule has 0 bridgehead atoms. The van der Waals surface area contributed by atoms with Crippen LogP contribution < -0.4 is 10.5 Å². The lowest BCUT2D eigenvalue weighted by atomic mass is 9.78. The molecule has 2 N–H and O–H groups in total. The molecular weight excluding hydrogens is 350 g/mol. The molecule has 1 aliphatic heterocycles. The van der Waals surface area contributed by atoms with E-state index < -0.39 is 0 Å². The summed E-state index contributed by atoms with van der Waals surface area (Å²) in [6, 6.07) is 10.2. The smallest absolute Gasteiger partial charge is 0.154 e. The summed E-state index contributed by atoms with van der Waals surface area (Å²) in [5, 5.41) is 9.99. The molecular formula is C19H19N3OS2. The minimum Gasteiger partial charge on any atom is -0.497 e. The van der Waals surface area contributed by atoms with E-state index in [1.165, 1.54) is 15.3 Å². The van der Waals surface area contributed by atoms with Gasteiger partial charge in [0, 0.05) is 15.5 Å². The minimum absolute atomic E-state index is 0.144. The predicted molar refractivity (Wildman–Crippen MR) is 104 cm³/mol. The van der Waals surface area contributed by atoms with Crippen molar-refractivity contribution < 1.29 is 4.74 Å². The zero-order valence-electron chi connectivity index (χ0n) is 14.0. The van der Waals surface area contributed by atoms with E-state index in [9.17, 15) is 5.26 Å². The molecule has 1 unspecified atom stereocenters. The number of benzene rings is 1. The van der Waals surface area contributed by atoms with Crippen molar-refractivity contribution in [2.45, 2.75) is 31.2 Å². The van der Waals surface area contributed by atoms with E-state index in [-0.39, 0.29) is 5.54 Å². The molecule has 128 valence electrons. The molecule has 0 radical (unpaired) electrons. The van der Waals surface area contributed by atoms with Crippen LogP contribution in [0, 0.1) is 11.3 Å². The van der Waals surface area contributed by atoms with E-state index in [0.29, 0.717) is 16.5 Å². The van der Waals surface area contributed by atoms with Crippen molar-refractivity contribution in [3.63, 3.8) is 0 Å². The van der Waals surface area contributed by atoms with Crippen molar-refractivity contribution >= 4 is 28.3 Å². The van der Waals surface area contributed by atoms with Gasteiger partial charge in [-0.05, 0) is 61.1 Å². The number of nitrogens with zero attached hydrogens (tertiary/aromatic N) is 2. The molecule has 0 saturated carbocycles. The van der Waals surface area contributed by atoms with Gasteiger partial charge in [0.1, 0.15) is 5.75 Å². The van der Waals surface area contributed by atoms with Crippen molar-refractivity contribution in [3.8, 4) is 22.3 Å². The Kier molecular flexibility index (Phi) is 4.22. The molecule has 4 nitrogen and oxygen atoms in total. The van der Waals surface area contributed by atoms with E-state index in [0.717, 1.165) is 37.0 Å². The molecule has 6 heteroatoms. The monoisotopic (exact) mass is 369 g/mol. The summed E-state index contributed by atoms with van der Waals surface area (Å²) in [6.45, 7) is 0. The maximum Gasteiger partial charge on any atom is 0.154 e. The van der Waals surface area contributed by atoms with Gasteiger partial charge in [0.2, 0.25) is 0 Å². The molecule has 4 rings (SSSR count). The number of fused-ring (bicyclic) bond motifs is 2. The fourth-order valence-electron chi connectivity index (χ4n) is 3.75. The second kappa shape index (κ2) is 6.40. The number of hydrogen-bond donors (Lipinski definition) is 1. The summed E-state index contributed by atoms with van der Waals surface area (Å²) < 4.78 is 5.36. The van der Waals surface area contributed by atoms with Crippen LogP contribution in [0.1, 0.15) is 35.3 Å². The second-order valence-corrected chi connectivity index (χ2v) is 8.70. The lowest BCUT2D eigenvalue weighted by Crippen LogP contribution is -2.34. The van der Waals surface area contributed by atoms with Gasteiger partial charge in [-0.2, -0.15) is 5.26 Å². The van der Waals surface area contributed by atoms with Crippen molar-refractivity contribution in [2.75, 3.05) is 12.9 Å². The van der Waals surface area contributed by atoms with Crippen LogP contribution >= 0.6 is 23.1 Å². The van der Waals surface area contributed by atoms with Crippen LogP contribution in [0.4, 0.5) is 0 Å². The molecule has 2 aliphatic rings. The molecule has 1 spiro atoms. The molecule has 1 aromatic heterocycles. The largest absolute Gasteiger partial charge is 0.497 e. The number of hydrogen-bond acceptors (Lipinski definition) is 6. The van der Waals surface area contributed by atoms with E-state index in [2.05, 4.69) is 12.1 Å². The zero-order chi connectivity index (χ0) is 17.4. The van der Waals surface area contributed by atoms with Gasteiger partial charge >= 0.3 is 0 Å². The van der Waals surface area contributed by atoms with Crippen LogP contribution in [-0.2, 0) is 12.0 Å². The molecule has 0 saturated heterocycles. The number of amidine groups is 1. The number of nitriles is 1. The first-order valence-electron chi connectivity index (χ1n) is 8.34. The molecule has 1 aliphatic carbocycles. The number of thioether (sulfide) groups is 1. The number of rotatable bonds is 2. The van der Waals surface area contributed by atoms with Gasteiger partial charge in [0.15, 0.2) is 5.17 Å². The molecule has 0 fully saturated rings. The first-order valence-corrected chi connectivity index (χ1v) is 10.1. The lowest BCUT2D eigenvalue weighted by Gasteiger charge is -2.36. The molecule has 2 heterocycles. The third-order valence-electron chi connectivity index (χ3n) is 4.95. The van der Waals surface area contributed by atoms with Crippen molar-refractivity contribution in [3.05, 3.63) is 40.3 Å². The summed E-state index contributed by atoms with van der Waals surface area (Å²) in [5.41, 5.74) is 8.90. The quantitative estimate of drug-likeness (QED) is 0.858. The van der Waals surface area contributed by atoms with Crippen LogP contribution in [-0.4, -0.2) is 18.0 Å². The standard InChI is InChI=1S/C19H19N3OS2/c1-23-14-8-12(11-20)7-13(9-14)17-10-15-16(25-17)3-2-4-19(15)5-6-24-18(21)22-19/h7-10H,2-6H2,1H3,(H2,21,22). The van der Waals surface area contributed by atoms with Crippen LogP contribution in [0.3, 0.4) is 0 Å². The van der Waals surface area contributed by atoms with Gasteiger partial charge in [-0.15, -0.1) is 11.3 Å². The average Bonchev–Trinajstić information content (AvgIpc) is 3.07. The number of nitrogens with two attached hydrogens (primary N) is 1. The van der Waals surface area contributed by atoms with Gasteiger partial charge in [0.05, 0.1) is 24.3 Å². The van der Waals surface area contributed by atoms with E-state index in [1.807, 2.05) is 23.5 Å². The summed E-state index contributed by atoms with van der Waals surface area (Å²) in [6.07, 6.45) is 4.36. The Morgan fingerprint density at radius 1 is 1.28 bits per heavy atom. The Morgan fingerprint density at radius 2 is 2.16 bits per heavy atom. The molecule has 0 amide bonds. The van der Waals surface area contributed by atoms with Crippen molar-refractivity contribution in [2.24, 2.45) is 10.7 Å². The highest BCUT2D eigenvalue weighted by Gasteiger charge is 2.39. The maximum atomic E-state index is 9.28. The van der Waals surface area contributed by atoms with E-state index >= 15 is 0 Å². The van der Waals surface area contributed by atoms with Crippen molar-refractivity contribution in [1.82, 2.24) is 0 Å². The van der Waals surface area contributed by atoms with Gasteiger partial charge in [-0.3, -0.25) is 4.99 Å². The highest BCUT2D eigenvalue weighted by Crippen LogP contribution is 2.49. The van der Waals surface area contributed by atoms with Gasteiger partial charge in [-0.25, -0.2) is 0 Å². The Labute approximate surface area is 155 Å². The fraction of sp³-hybridized carbons (Fsp3) is 0.368. The highest BCUT2D eigenvalue weighted by molar-refractivity contribution is 8.13. The first kappa shape index (κ1) is 16.5. The minimum atomic E-state index is -0.144. The SMILES string of the molecule is COc1cc(C#N)cc(-c2cc3c(s2)CCCC32CCSC(N)=N2)c1.